The molecule has 3 aliphatic rings. The van der Waals surface area contributed by atoms with Gasteiger partial charge >= 0.3 is 12.1 Å². The highest BCUT2D eigenvalue weighted by Crippen LogP contribution is 2.52. The summed E-state index contributed by atoms with van der Waals surface area (Å²) in [4.78, 5) is 23.9. The number of nitrogens with zero attached hydrogens (tertiary/aromatic N) is 2. The molecule has 8 nitrogen and oxygen atoms in total. The monoisotopic (exact) mass is 507 g/mol. The highest BCUT2D eigenvalue weighted by molar-refractivity contribution is 5.90. The molecule has 1 atom stereocenters. The fourth-order valence-electron chi connectivity index (χ4n) is 5.60. The topological polar surface area (TPSA) is 103 Å². The van der Waals surface area contributed by atoms with E-state index in [0.717, 1.165) is 5.56 Å². The molecule has 2 aromatic carbocycles. The standard InChI is InChI=1S/C28H30FN3O5/c1-18(19-6-4-3-5-7-19)37-26(35)31-25-21(16-30-32(25)2)20-8-9-22(23(29)14-20)27-10-12-28(13-11-27,36-17-27)15-24(33)34/h3-9,14,16,18H,10-13,15,17H2,1-2H3,(H,31,35)(H,33,34)/t18-,27?,28?/m1/s1. The number of carboxylic acids is 1. The Kier molecular flexibility index (Phi) is 6.49. The van der Waals surface area contributed by atoms with Crippen LogP contribution in [0.1, 0.15) is 56.3 Å². The molecule has 2 aliphatic heterocycles. The molecule has 0 unspecified atom stereocenters. The van der Waals surface area contributed by atoms with Crippen molar-refractivity contribution in [2.24, 2.45) is 7.05 Å². The number of halogens is 1. The number of aromatic nitrogens is 2. The van der Waals surface area contributed by atoms with Crippen LogP contribution in [0, 0.1) is 5.82 Å². The van der Waals surface area contributed by atoms with Crippen molar-refractivity contribution >= 4 is 17.9 Å². The van der Waals surface area contributed by atoms with Gasteiger partial charge in [0, 0.05) is 18.0 Å². The summed E-state index contributed by atoms with van der Waals surface area (Å²) in [6, 6.07) is 14.5. The molecule has 37 heavy (non-hydrogen) atoms. The first kappa shape index (κ1) is 25.0. The van der Waals surface area contributed by atoms with Crippen molar-refractivity contribution in [2.45, 2.75) is 56.1 Å². The van der Waals surface area contributed by atoms with Crippen molar-refractivity contribution in [1.29, 1.82) is 0 Å². The van der Waals surface area contributed by atoms with Gasteiger partial charge in [0.25, 0.3) is 0 Å². The third-order valence-electron chi connectivity index (χ3n) is 7.81. The Balaban J connectivity index is 1.33. The Morgan fingerprint density at radius 1 is 1.19 bits per heavy atom. The van der Waals surface area contributed by atoms with Crippen molar-refractivity contribution in [3.8, 4) is 11.1 Å². The minimum Gasteiger partial charge on any atom is -0.481 e. The van der Waals surface area contributed by atoms with Crippen LogP contribution in [0.25, 0.3) is 11.1 Å². The summed E-state index contributed by atoms with van der Waals surface area (Å²) < 4.78 is 28.6. The first-order chi connectivity index (χ1) is 17.7. The van der Waals surface area contributed by atoms with Crippen LogP contribution in [0.2, 0.25) is 0 Å². The fourth-order valence-corrected chi connectivity index (χ4v) is 5.60. The average Bonchev–Trinajstić information content (AvgIpc) is 3.24. The van der Waals surface area contributed by atoms with Crippen molar-refractivity contribution in [2.75, 3.05) is 11.9 Å². The van der Waals surface area contributed by atoms with E-state index in [1.165, 1.54) is 10.7 Å². The van der Waals surface area contributed by atoms with E-state index in [2.05, 4.69) is 10.4 Å². The van der Waals surface area contributed by atoms with E-state index in [1.807, 2.05) is 36.4 Å². The van der Waals surface area contributed by atoms with Crippen molar-refractivity contribution in [3.05, 3.63) is 71.7 Å². The van der Waals surface area contributed by atoms with Gasteiger partial charge in [-0.15, -0.1) is 0 Å². The quantitative estimate of drug-likeness (QED) is 0.432. The van der Waals surface area contributed by atoms with Gasteiger partial charge in [0.2, 0.25) is 0 Å². The first-order valence-corrected chi connectivity index (χ1v) is 12.4. The van der Waals surface area contributed by atoms with Crippen LogP contribution >= 0.6 is 0 Å². The van der Waals surface area contributed by atoms with Gasteiger partial charge < -0.3 is 14.6 Å². The Morgan fingerprint density at radius 3 is 2.54 bits per heavy atom. The second-order valence-corrected chi connectivity index (χ2v) is 10.1. The number of hydrogen-bond acceptors (Lipinski definition) is 5. The van der Waals surface area contributed by atoms with E-state index in [1.54, 1.807) is 26.2 Å². The number of aryl methyl sites for hydroxylation is 1. The van der Waals surface area contributed by atoms with Crippen molar-refractivity contribution < 1.29 is 28.6 Å². The number of hydrogen-bond donors (Lipinski definition) is 2. The molecule has 1 aromatic heterocycles. The number of fused-ring (bicyclic) bond motifs is 3. The zero-order chi connectivity index (χ0) is 26.2. The summed E-state index contributed by atoms with van der Waals surface area (Å²) in [6.45, 7) is 2.10. The van der Waals surface area contributed by atoms with E-state index in [-0.39, 0.29) is 12.2 Å². The highest BCUT2D eigenvalue weighted by Gasteiger charge is 2.52. The maximum absolute atomic E-state index is 15.5. The maximum Gasteiger partial charge on any atom is 0.413 e. The molecule has 2 N–H and O–H groups in total. The van der Waals surface area contributed by atoms with Gasteiger partial charge in [-0.2, -0.15) is 5.10 Å². The van der Waals surface area contributed by atoms with Crippen LogP contribution in [-0.4, -0.2) is 39.2 Å². The minimum atomic E-state index is -0.871. The lowest BCUT2D eigenvalue weighted by atomic mass is 9.62. The zero-order valence-corrected chi connectivity index (χ0v) is 20.9. The van der Waals surface area contributed by atoms with E-state index in [9.17, 15) is 14.7 Å². The smallest absolute Gasteiger partial charge is 0.413 e. The SMILES string of the molecule is C[C@@H](OC(=O)Nc1c(-c2ccc(C34CCC(CC(=O)O)(CC3)OC4)c(F)c2)cnn1C)c1ccccc1. The molecule has 3 heterocycles. The molecule has 2 bridgehead atoms. The number of aliphatic carboxylic acids is 1. The van der Waals surface area contributed by atoms with Gasteiger partial charge in [0.05, 0.1) is 24.8 Å². The lowest BCUT2D eigenvalue weighted by Crippen LogP contribution is -2.54. The summed E-state index contributed by atoms with van der Waals surface area (Å²) in [5.41, 5.74) is 1.50. The summed E-state index contributed by atoms with van der Waals surface area (Å²) >= 11 is 0. The van der Waals surface area contributed by atoms with Crippen LogP contribution in [0.4, 0.5) is 15.0 Å². The van der Waals surface area contributed by atoms with E-state index in [4.69, 9.17) is 9.47 Å². The summed E-state index contributed by atoms with van der Waals surface area (Å²) in [5.74, 6) is -0.833. The number of benzene rings is 2. The lowest BCUT2D eigenvalue weighted by Gasteiger charge is -2.53. The number of carboxylic acid groups (broad SMARTS) is 1. The second kappa shape index (κ2) is 9.63. The fraction of sp³-hybridized carbons (Fsp3) is 0.393. The van der Waals surface area contributed by atoms with Crippen molar-refractivity contribution in [3.63, 3.8) is 0 Å². The van der Waals surface area contributed by atoms with Crippen LogP contribution in [-0.2, 0) is 26.7 Å². The number of carbonyl (C=O) groups excluding carboxylic acids is 1. The summed E-state index contributed by atoms with van der Waals surface area (Å²) in [5, 5.41) is 16.2. The number of carbonyl (C=O) groups is 2. The Labute approximate surface area is 214 Å². The molecule has 1 aliphatic carbocycles. The Hall–Kier alpha value is -3.72. The van der Waals surface area contributed by atoms with E-state index >= 15 is 4.39 Å². The van der Waals surface area contributed by atoms with Crippen molar-refractivity contribution in [1.82, 2.24) is 9.78 Å². The van der Waals surface area contributed by atoms with Crippen LogP contribution < -0.4 is 5.32 Å². The third kappa shape index (κ3) is 4.83. The molecule has 1 amide bonds. The number of ether oxygens (including phenoxy) is 2. The largest absolute Gasteiger partial charge is 0.481 e. The van der Waals surface area contributed by atoms with Gasteiger partial charge in [-0.3, -0.25) is 14.8 Å². The third-order valence-corrected chi connectivity index (χ3v) is 7.81. The summed E-state index contributed by atoms with van der Waals surface area (Å²) in [7, 11) is 1.69. The van der Waals surface area contributed by atoms with Gasteiger partial charge in [-0.1, -0.05) is 42.5 Å². The minimum absolute atomic E-state index is 0.0200. The molecule has 0 radical (unpaired) electrons. The number of rotatable bonds is 7. The number of anilines is 1. The number of nitrogens with one attached hydrogen (secondary N) is 1. The molecule has 194 valence electrons. The predicted molar refractivity (Wildman–Crippen MR) is 135 cm³/mol. The molecule has 6 rings (SSSR count). The molecule has 9 heteroatoms. The Bertz CT molecular complexity index is 1300. The van der Waals surface area contributed by atoms with Crippen LogP contribution in [0.5, 0.6) is 0 Å². The van der Waals surface area contributed by atoms with Gasteiger partial charge in [-0.05, 0) is 55.4 Å². The zero-order valence-electron chi connectivity index (χ0n) is 20.9. The van der Waals surface area contributed by atoms with Crippen LogP contribution in [0.3, 0.4) is 0 Å². The molecular weight excluding hydrogens is 477 g/mol. The van der Waals surface area contributed by atoms with E-state index in [0.29, 0.717) is 54.8 Å². The molecule has 0 spiro atoms. The summed E-state index contributed by atoms with van der Waals surface area (Å²) in [6.07, 6.45) is 3.03. The average molecular weight is 508 g/mol. The molecular formula is C28H30FN3O5. The van der Waals surface area contributed by atoms with Gasteiger partial charge in [-0.25, -0.2) is 9.18 Å². The normalized spacial score (nSPS) is 23.4. The number of amides is 1. The molecule has 3 fully saturated rings. The predicted octanol–water partition coefficient (Wildman–Crippen LogP) is 5.59. The first-order valence-electron chi connectivity index (χ1n) is 12.4. The highest BCUT2D eigenvalue weighted by atomic mass is 19.1. The van der Waals surface area contributed by atoms with Gasteiger partial charge in [0.15, 0.2) is 0 Å². The second-order valence-electron chi connectivity index (χ2n) is 10.1. The maximum atomic E-state index is 15.5. The molecule has 2 saturated heterocycles. The van der Waals surface area contributed by atoms with Crippen LogP contribution in [0.15, 0.2) is 54.7 Å². The Morgan fingerprint density at radius 2 is 1.92 bits per heavy atom. The molecule has 1 saturated carbocycles. The molecule has 3 aromatic rings. The van der Waals surface area contributed by atoms with E-state index < -0.39 is 29.2 Å². The lowest BCUT2D eigenvalue weighted by molar-refractivity contribution is -0.175. The van der Waals surface area contributed by atoms with Gasteiger partial charge in [0.1, 0.15) is 17.7 Å².